The van der Waals surface area contributed by atoms with Crippen LogP contribution in [0.3, 0.4) is 0 Å². The maximum atomic E-state index is 13.1. The van der Waals surface area contributed by atoms with Crippen LogP contribution in [0, 0.1) is 0 Å². The molecule has 1 saturated heterocycles. The first-order chi connectivity index (χ1) is 16.4. The fourth-order valence-electron chi connectivity index (χ4n) is 4.18. The molecule has 0 aromatic heterocycles. The van der Waals surface area contributed by atoms with Crippen LogP contribution in [-0.4, -0.2) is 64.5 Å². The van der Waals surface area contributed by atoms with Crippen LogP contribution in [0.25, 0.3) is 0 Å². The van der Waals surface area contributed by atoms with E-state index in [4.69, 9.17) is 9.47 Å². The van der Waals surface area contributed by atoms with Crippen molar-refractivity contribution in [1.82, 2.24) is 9.62 Å². The molecule has 10 heteroatoms. The molecule has 182 valence electrons. The SMILES string of the molecule is COc1cccc(CNC(=O)CN2C(=O)CCCc3cc(S(=O)(=O)N4CCOCC4)ccc32)c1. The Bertz CT molecular complexity index is 1160. The molecule has 2 aliphatic rings. The number of rotatable bonds is 7. The van der Waals surface area contributed by atoms with E-state index < -0.39 is 10.0 Å². The maximum absolute atomic E-state index is 13.1. The van der Waals surface area contributed by atoms with Gasteiger partial charge in [0.15, 0.2) is 0 Å². The van der Waals surface area contributed by atoms with Crippen molar-refractivity contribution < 1.29 is 27.5 Å². The maximum Gasteiger partial charge on any atom is 0.243 e. The number of benzene rings is 2. The second-order valence-corrected chi connectivity index (χ2v) is 10.2. The van der Waals surface area contributed by atoms with Crippen molar-refractivity contribution >= 4 is 27.5 Å². The fraction of sp³-hybridized carbons (Fsp3) is 0.417. The highest BCUT2D eigenvalue weighted by Gasteiger charge is 2.29. The Hall–Kier alpha value is -2.95. The van der Waals surface area contributed by atoms with Gasteiger partial charge in [0, 0.05) is 31.7 Å². The van der Waals surface area contributed by atoms with E-state index >= 15 is 0 Å². The summed E-state index contributed by atoms with van der Waals surface area (Å²) in [6.07, 6.45) is 1.45. The highest BCUT2D eigenvalue weighted by Crippen LogP contribution is 2.30. The third kappa shape index (κ3) is 5.40. The summed E-state index contributed by atoms with van der Waals surface area (Å²) in [7, 11) is -2.07. The molecular weight excluding hydrogens is 458 g/mol. The molecule has 0 spiro atoms. The zero-order valence-corrected chi connectivity index (χ0v) is 20.0. The largest absolute Gasteiger partial charge is 0.497 e. The van der Waals surface area contributed by atoms with Gasteiger partial charge in [0.05, 0.1) is 25.2 Å². The van der Waals surface area contributed by atoms with Gasteiger partial charge in [-0.2, -0.15) is 4.31 Å². The Morgan fingerprint density at radius 2 is 1.91 bits per heavy atom. The zero-order valence-electron chi connectivity index (χ0n) is 19.2. The number of hydrogen-bond donors (Lipinski definition) is 1. The highest BCUT2D eigenvalue weighted by molar-refractivity contribution is 7.89. The van der Waals surface area contributed by atoms with Crippen LogP contribution in [0.1, 0.15) is 24.0 Å². The number of amides is 2. The summed E-state index contributed by atoms with van der Waals surface area (Å²) in [5.41, 5.74) is 2.22. The monoisotopic (exact) mass is 487 g/mol. The van der Waals surface area contributed by atoms with Crippen molar-refractivity contribution in [1.29, 1.82) is 0 Å². The van der Waals surface area contributed by atoms with Gasteiger partial charge < -0.3 is 19.7 Å². The first kappa shape index (κ1) is 24.2. The van der Waals surface area contributed by atoms with Crippen LogP contribution >= 0.6 is 0 Å². The number of carbonyl (C=O) groups is 2. The van der Waals surface area contributed by atoms with Crippen LogP contribution in [0.4, 0.5) is 5.69 Å². The van der Waals surface area contributed by atoms with Crippen LogP contribution < -0.4 is 15.0 Å². The number of carbonyl (C=O) groups excluding carboxylic acids is 2. The Labute approximate surface area is 199 Å². The molecule has 0 unspecified atom stereocenters. The van der Waals surface area contributed by atoms with E-state index in [-0.39, 0.29) is 23.3 Å². The summed E-state index contributed by atoms with van der Waals surface area (Å²) in [6.45, 7) is 1.55. The van der Waals surface area contributed by atoms with E-state index in [9.17, 15) is 18.0 Å². The van der Waals surface area contributed by atoms with E-state index in [2.05, 4.69) is 5.32 Å². The lowest BCUT2D eigenvalue weighted by Gasteiger charge is -2.27. The number of anilines is 1. The lowest BCUT2D eigenvalue weighted by molar-refractivity contribution is -0.123. The summed E-state index contributed by atoms with van der Waals surface area (Å²) < 4.78 is 38.0. The van der Waals surface area contributed by atoms with Gasteiger partial charge in [-0.3, -0.25) is 9.59 Å². The molecule has 2 heterocycles. The zero-order chi connectivity index (χ0) is 24.1. The smallest absolute Gasteiger partial charge is 0.243 e. The number of methoxy groups -OCH3 is 1. The average Bonchev–Trinajstić information content (AvgIpc) is 3.01. The Morgan fingerprint density at radius 1 is 1.12 bits per heavy atom. The Balaban J connectivity index is 1.50. The minimum atomic E-state index is -3.65. The Morgan fingerprint density at radius 3 is 2.68 bits per heavy atom. The second kappa shape index (κ2) is 10.5. The predicted molar refractivity (Wildman–Crippen MR) is 126 cm³/mol. The molecule has 0 atom stereocenters. The molecule has 1 N–H and O–H groups in total. The quantitative estimate of drug-likeness (QED) is 0.638. The predicted octanol–water partition coefficient (Wildman–Crippen LogP) is 1.70. The van der Waals surface area contributed by atoms with Gasteiger partial charge in [-0.1, -0.05) is 12.1 Å². The lowest BCUT2D eigenvalue weighted by Crippen LogP contribution is -2.41. The minimum Gasteiger partial charge on any atom is -0.497 e. The topological polar surface area (TPSA) is 105 Å². The van der Waals surface area contributed by atoms with Crippen molar-refractivity contribution in [2.24, 2.45) is 0 Å². The van der Waals surface area contributed by atoms with Crippen LogP contribution in [-0.2, 0) is 37.3 Å². The van der Waals surface area contributed by atoms with Crippen LogP contribution in [0.15, 0.2) is 47.4 Å². The molecule has 0 aliphatic carbocycles. The number of nitrogens with one attached hydrogen (secondary N) is 1. The number of fused-ring (bicyclic) bond motifs is 1. The molecule has 0 radical (unpaired) electrons. The number of hydrogen-bond acceptors (Lipinski definition) is 6. The fourth-order valence-corrected chi connectivity index (χ4v) is 5.64. The van der Waals surface area contributed by atoms with Gasteiger partial charge in [-0.25, -0.2) is 8.42 Å². The molecular formula is C24H29N3O6S. The van der Waals surface area contributed by atoms with Crippen molar-refractivity contribution in [3.63, 3.8) is 0 Å². The van der Waals surface area contributed by atoms with E-state index in [0.717, 1.165) is 11.1 Å². The number of ether oxygens (including phenoxy) is 2. The number of aryl methyl sites for hydroxylation is 1. The van der Waals surface area contributed by atoms with Gasteiger partial charge in [0.2, 0.25) is 21.8 Å². The first-order valence-corrected chi connectivity index (χ1v) is 12.7. The summed E-state index contributed by atoms with van der Waals surface area (Å²) in [5.74, 6) is 0.249. The molecule has 0 saturated carbocycles. The van der Waals surface area contributed by atoms with Crippen LogP contribution in [0.5, 0.6) is 5.75 Å². The molecule has 2 aromatic carbocycles. The van der Waals surface area contributed by atoms with E-state index in [1.807, 2.05) is 24.3 Å². The van der Waals surface area contributed by atoms with Crippen molar-refractivity contribution in [2.75, 3.05) is 44.9 Å². The summed E-state index contributed by atoms with van der Waals surface area (Å²) >= 11 is 0. The molecule has 1 fully saturated rings. The summed E-state index contributed by atoms with van der Waals surface area (Å²) in [6, 6.07) is 12.2. The highest BCUT2D eigenvalue weighted by atomic mass is 32.2. The molecule has 0 bridgehead atoms. The summed E-state index contributed by atoms with van der Waals surface area (Å²) in [4.78, 5) is 27.1. The van der Waals surface area contributed by atoms with Gasteiger partial charge in [-0.15, -0.1) is 0 Å². The minimum absolute atomic E-state index is 0.134. The van der Waals surface area contributed by atoms with Gasteiger partial charge in [-0.05, 0) is 54.3 Å². The molecule has 9 nitrogen and oxygen atoms in total. The van der Waals surface area contributed by atoms with Gasteiger partial charge in [0.25, 0.3) is 0 Å². The second-order valence-electron chi connectivity index (χ2n) is 8.27. The lowest BCUT2D eigenvalue weighted by atomic mass is 10.1. The number of morpholine rings is 1. The molecule has 4 rings (SSSR count). The third-order valence-corrected chi connectivity index (χ3v) is 7.91. The third-order valence-electron chi connectivity index (χ3n) is 6.01. The average molecular weight is 488 g/mol. The Kier molecular flexibility index (Phi) is 7.50. The number of nitrogens with zero attached hydrogens (tertiary/aromatic N) is 2. The summed E-state index contributed by atoms with van der Waals surface area (Å²) in [5, 5.41) is 2.85. The van der Waals surface area contributed by atoms with E-state index in [1.165, 1.54) is 15.3 Å². The molecule has 2 aliphatic heterocycles. The first-order valence-electron chi connectivity index (χ1n) is 11.3. The number of sulfonamides is 1. The van der Waals surface area contributed by atoms with Crippen molar-refractivity contribution in [2.45, 2.75) is 30.7 Å². The van der Waals surface area contributed by atoms with Gasteiger partial charge >= 0.3 is 0 Å². The van der Waals surface area contributed by atoms with E-state index in [1.54, 1.807) is 19.2 Å². The van der Waals surface area contributed by atoms with Crippen LogP contribution in [0.2, 0.25) is 0 Å². The normalized spacial score (nSPS) is 17.1. The van der Waals surface area contributed by atoms with Crippen molar-refractivity contribution in [3.8, 4) is 5.75 Å². The molecule has 2 amide bonds. The molecule has 34 heavy (non-hydrogen) atoms. The van der Waals surface area contributed by atoms with E-state index in [0.29, 0.717) is 63.5 Å². The standard InChI is InChI=1S/C24H29N3O6S/c1-32-20-6-2-4-18(14-20)16-25-23(28)17-27-22-9-8-21(15-19(22)5-3-7-24(27)29)34(30,31)26-10-12-33-13-11-26/h2,4,6,8-9,14-15H,3,5,7,10-13,16-17H2,1H3,(H,25,28). The van der Waals surface area contributed by atoms with Crippen molar-refractivity contribution in [3.05, 3.63) is 53.6 Å². The molecule has 2 aromatic rings. The van der Waals surface area contributed by atoms with Gasteiger partial charge in [0.1, 0.15) is 12.3 Å².